The third-order valence-corrected chi connectivity index (χ3v) is 5.98. The first-order chi connectivity index (χ1) is 13.3. The number of hydrogen-bond acceptors (Lipinski definition) is 4. The maximum Gasteiger partial charge on any atom is 0.277 e. The largest absolute Gasteiger partial charge is 0.366 e. The van der Waals surface area contributed by atoms with E-state index < -0.39 is 29.5 Å². The molecule has 1 aliphatic rings. The molecule has 0 radical (unpaired) electrons. The second-order valence-corrected chi connectivity index (χ2v) is 8.80. The van der Waals surface area contributed by atoms with Crippen molar-refractivity contribution in [2.45, 2.75) is 25.6 Å². The van der Waals surface area contributed by atoms with E-state index in [0.29, 0.717) is 5.69 Å². The molecule has 3 N–H and O–H groups in total. The molecule has 1 unspecified atom stereocenters. The van der Waals surface area contributed by atoms with Crippen molar-refractivity contribution >= 4 is 67.4 Å². The van der Waals surface area contributed by atoms with Gasteiger partial charge in [0.25, 0.3) is 5.91 Å². The minimum absolute atomic E-state index is 0.0554. The molecule has 28 heavy (non-hydrogen) atoms. The number of aliphatic hydroxyl groups excluding tert-OH is 1. The van der Waals surface area contributed by atoms with E-state index in [1.165, 1.54) is 0 Å². The molecular formula is C18H15BrClF2IN2O3. The van der Waals surface area contributed by atoms with E-state index in [0.717, 1.165) is 28.9 Å². The molecular weight excluding hydrogens is 572 g/mol. The molecule has 0 spiro atoms. The number of aliphatic hydroxyl groups is 1. The quantitative estimate of drug-likeness (QED) is 0.181. The first kappa shape index (κ1) is 21.7. The number of amides is 1. The summed E-state index contributed by atoms with van der Waals surface area (Å²) < 4.78 is 29.3. The Kier molecular flexibility index (Phi) is 7.13. The zero-order valence-electron chi connectivity index (χ0n) is 14.2. The van der Waals surface area contributed by atoms with E-state index in [4.69, 9.17) is 16.4 Å². The molecule has 2 aromatic rings. The summed E-state index contributed by atoms with van der Waals surface area (Å²) in [6, 6.07) is 6.06. The minimum atomic E-state index is -1.26. The van der Waals surface area contributed by atoms with Crippen LogP contribution in [-0.4, -0.2) is 17.3 Å². The third kappa shape index (κ3) is 4.76. The summed E-state index contributed by atoms with van der Waals surface area (Å²) in [5.41, 5.74) is 1.78. The van der Waals surface area contributed by atoms with Gasteiger partial charge in [0.1, 0.15) is 0 Å². The topological polar surface area (TPSA) is 70.6 Å². The summed E-state index contributed by atoms with van der Waals surface area (Å²) in [6.07, 6.45) is 1.42. The number of benzene rings is 2. The Labute approximate surface area is 187 Å². The van der Waals surface area contributed by atoms with Crippen LogP contribution in [0.2, 0.25) is 5.02 Å². The number of nitrogens with one attached hydrogen (secondary N) is 2. The molecule has 1 aliphatic carbocycles. The van der Waals surface area contributed by atoms with Gasteiger partial charge in [0.15, 0.2) is 17.9 Å². The molecule has 0 aromatic heterocycles. The van der Waals surface area contributed by atoms with Gasteiger partial charge >= 0.3 is 0 Å². The molecule has 1 amide bonds. The van der Waals surface area contributed by atoms with Crippen molar-refractivity contribution in [1.29, 1.82) is 0 Å². The Morgan fingerprint density at radius 1 is 1.32 bits per heavy atom. The fourth-order valence-electron chi connectivity index (χ4n) is 2.61. The van der Waals surface area contributed by atoms with Gasteiger partial charge < -0.3 is 10.4 Å². The average molecular weight is 588 g/mol. The zero-order chi connectivity index (χ0) is 20.4. The molecule has 0 aliphatic heterocycles. The maximum absolute atomic E-state index is 14.6. The number of carbonyl (C=O) groups excluding carboxylic acids is 1. The molecule has 0 saturated heterocycles. The Morgan fingerprint density at radius 2 is 2.04 bits per heavy atom. The first-order valence-electron chi connectivity index (χ1n) is 8.31. The van der Waals surface area contributed by atoms with Crippen LogP contribution in [-0.2, 0) is 4.84 Å². The minimum Gasteiger partial charge on any atom is -0.366 e. The predicted octanol–water partition coefficient (Wildman–Crippen LogP) is 5.51. The highest BCUT2D eigenvalue weighted by Crippen LogP contribution is 2.34. The van der Waals surface area contributed by atoms with Crippen LogP contribution in [0.5, 0.6) is 0 Å². The molecule has 1 fully saturated rings. The van der Waals surface area contributed by atoms with E-state index in [-0.39, 0.29) is 21.0 Å². The van der Waals surface area contributed by atoms with Gasteiger partial charge in [-0.15, -0.1) is 0 Å². The highest BCUT2D eigenvalue weighted by Gasteiger charge is 2.28. The van der Waals surface area contributed by atoms with Gasteiger partial charge in [0.05, 0.1) is 26.4 Å². The smallest absolute Gasteiger partial charge is 0.277 e. The van der Waals surface area contributed by atoms with Gasteiger partial charge in [-0.2, -0.15) is 0 Å². The highest BCUT2D eigenvalue weighted by molar-refractivity contribution is 14.1. The van der Waals surface area contributed by atoms with Gasteiger partial charge in [-0.25, -0.2) is 19.1 Å². The fourth-order valence-corrected chi connectivity index (χ4v) is 3.92. The summed E-state index contributed by atoms with van der Waals surface area (Å²) >= 11 is 11.1. The lowest BCUT2D eigenvalue weighted by Crippen LogP contribution is -2.36. The van der Waals surface area contributed by atoms with Gasteiger partial charge in [-0.3, -0.25) is 4.79 Å². The number of anilines is 2. The predicted molar refractivity (Wildman–Crippen MR) is 113 cm³/mol. The van der Waals surface area contributed by atoms with Crippen LogP contribution in [0.3, 0.4) is 0 Å². The normalized spacial score (nSPS) is 15.1. The number of hydroxylamine groups is 1. The summed E-state index contributed by atoms with van der Waals surface area (Å²) in [4.78, 5) is 17.5. The van der Waals surface area contributed by atoms with Crippen molar-refractivity contribution in [3.8, 4) is 0 Å². The summed E-state index contributed by atoms with van der Waals surface area (Å²) in [5.74, 6) is -3.31. The van der Waals surface area contributed by atoms with Gasteiger partial charge in [0.2, 0.25) is 0 Å². The lowest BCUT2D eigenvalue weighted by atomic mass is 9.85. The molecule has 5 nitrogen and oxygen atoms in total. The molecule has 1 atom stereocenters. The molecule has 1 saturated carbocycles. The summed E-state index contributed by atoms with van der Waals surface area (Å²) in [7, 11) is 0. The van der Waals surface area contributed by atoms with Crippen LogP contribution in [0.25, 0.3) is 0 Å². The SMILES string of the molecule is O=C(NOC(O)C1CCC1)c1cc(Br)c(F)c(F)c1Nc1ccc(I)cc1Cl. The fraction of sp³-hybridized carbons (Fsp3) is 0.278. The lowest BCUT2D eigenvalue weighted by molar-refractivity contribution is -0.178. The summed E-state index contributed by atoms with van der Waals surface area (Å²) in [6.45, 7) is 0. The standard InChI is InChI=1S/C18H15BrClF2IN2O3/c19-11-7-10(17(26)25-28-18(27)8-2-1-3-8)16(15(22)14(11)21)24-13-5-4-9(23)6-12(13)20/h4-8,18,24,27H,1-3H2,(H,25,26). The van der Waals surface area contributed by atoms with Crippen LogP contribution in [0.15, 0.2) is 28.7 Å². The van der Waals surface area contributed by atoms with Crippen LogP contribution in [0.1, 0.15) is 29.6 Å². The van der Waals surface area contributed by atoms with Crippen molar-refractivity contribution in [2.75, 3.05) is 5.32 Å². The molecule has 3 rings (SSSR count). The van der Waals surface area contributed by atoms with Crippen molar-refractivity contribution < 1.29 is 23.5 Å². The van der Waals surface area contributed by atoms with Crippen molar-refractivity contribution in [3.05, 3.63) is 54.5 Å². The van der Waals surface area contributed by atoms with Crippen molar-refractivity contribution in [3.63, 3.8) is 0 Å². The third-order valence-electron chi connectivity index (χ3n) is 4.42. The molecule has 2 aromatic carbocycles. The van der Waals surface area contributed by atoms with E-state index in [1.807, 2.05) is 0 Å². The summed E-state index contributed by atoms with van der Waals surface area (Å²) in [5, 5.41) is 12.8. The Hall–Kier alpha value is -1.01. The Morgan fingerprint density at radius 3 is 2.64 bits per heavy atom. The average Bonchev–Trinajstić information content (AvgIpc) is 2.60. The highest BCUT2D eigenvalue weighted by atomic mass is 127. The van der Waals surface area contributed by atoms with E-state index in [2.05, 4.69) is 49.3 Å². The van der Waals surface area contributed by atoms with Crippen LogP contribution in [0, 0.1) is 21.1 Å². The van der Waals surface area contributed by atoms with E-state index >= 15 is 0 Å². The molecule has 0 bridgehead atoms. The van der Waals surface area contributed by atoms with Crippen LogP contribution in [0.4, 0.5) is 20.2 Å². The van der Waals surface area contributed by atoms with Gasteiger partial charge in [-0.05, 0) is 75.6 Å². The lowest BCUT2D eigenvalue weighted by Gasteiger charge is -2.29. The van der Waals surface area contributed by atoms with E-state index in [1.54, 1.807) is 18.2 Å². The Bertz CT molecular complexity index is 915. The van der Waals surface area contributed by atoms with Crippen molar-refractivity contribution in [2.24, 2.45) is 5.92 Å². The molecule has 10 heteroatoms. The zero-order valence-corrected chi connectivity index (χ0v) is 18.7. The second-order valence-electron chi connectivity index (χ2n) is 6.29. The molecule has 150 valence electrons. The number of rotatable bonds is 6. The van der Waals surface area contributed by atoms with Gasteiger partial charge in [-0.1, -0.05) is 18.0 Å². The first-order valence-corrected chi connectivity index (χ1v) is 10.6. The number of halogens is 5. The van der Waals surface area contributed by atoms with E-state index in [9.17, 15) is 18.7 Å². The number of hydrogen-bond donors (Lipinski definition) is 3. The Balaban J connectivity index is 1.87. The van der Waals surface area contributed by atoms with Crippen LogP contribution < -0.4 is 10.8 Å². The van der Waals surface area contributed by atoms with Crippen molar-refractivity contribution in [1.82, 2.24) is 5.48 Å². The monoisotopic (exact) mass is 586 g/mol. The van der Waals surface area contributed by atoms with Gasteiger partial charge in [0, 0.05) is 9.49 Å². The number of carbonyl (C=O) groups is 1. The molecule has 0 heterocycles. The maximum atomic E-state index is 14.6. The van der Waals surface area contributed by atoms with Crippen LogP contribution >= 0.6 is 50.1 Å². The second kappa shape index (κ2) is 9.21.